The number of sulfonamides is 1. The summed E-state index contributed by atoms with van der Waals surface area (Å²) in [6, 6.07) is 12.5. The fraction of sp³-hybridized carbons (Fsp3) is 0.316. The van der Waals surface area contributed by atoms with Crippen molar-refractivity contribution in [2.75, 3.05) is 19.0 Å². The molecule has 27 heavy (non-hydrogen) atoms. The number of ether oxygens (including phenoxy) is 1. The molecular formula is C19H24N2O5S. The van der Waals surface area contributed by atoms with Gasteiger partial charge in [-0.2, -0.15) is 0 Å². The molecule has 0 saturated heterocycles. The molecule has 2 rings (SSSR count). The molecule has 0 aliphatic rings. The predicted molar refractivity (Wildman–Crippen MR) is 104 cm³/mol. The van der Waals surface area contributed by atoms with Crippen LogP contribution in [0.2, 0.25) is 0 Å². The van der Waals surface area contributed by atoms with Crippen LogP contribution in [0.25, 0.3) is 0 Å². The van der Waals surface area contributed by atoms with Gasteiger partial charge in [0, 0.05) is 19.2 Å². The maximum absolute atomic E-state index is 13.0. The third kappa shape index (κ3) is 5.53. The number of anilines is 1. The zero-order chi connectivity index (χ0) is 20.0. The molecule has 0 heterocycles. The van der Waals surface area contributed by atoms with E-state index in [1.165, 1.54) is 12.1 Å². The third-order valence-electron chi connectivity index (χ3n) is 3.97. The molecule has 7 nitrogen and oxygen atoms in total. The molecule has 0 saturated carbocycles. The van der Waals surface area contributed by atoms with Gasteiger partial charge in [0.1, 0.15) is 4.90 Å². The number of methoxy groups -OCH3 is 1. The van der Waals surface area contributed by atoms with Crippen LogP contribution < -0.4 is 10.0 Å². The van der Waals surface area contributed by atoms with E-state index in [0.717, 1.165) is 11.6 Å². The number of hydrogen-bond acceptors (Lipinski definition) is 5. The lowest BCUT2D eigenvalue weighted by Gasteiger charge is -2.20. The zero-order valence-electron chi connectivity index (χ0n) is 15.5. The molecule has 0 aromatic heterocycles. The van der Waals surface area contributed by atoms with Gasteiger partial charge in [0.05, 0.1) is 17.9 Å². The Bertz CT molecular complexity index is 884. The number of carboxylic acid groups (broad SMARTS) is 1. The Hall–Kier alpha value is -2.42. The summed E-state index contributed by atoms with van der Waals surface area (Å²) in [6.07, 6.45) is 0. The van der Waals surface area contributed by atoms with Crippen LogP contribution >= 0.6 is 0 Å². The molecule has 2 atom stereocenters. The Morgan fingerprint density at radius 3 is 2.41 bits per heavy atom. The highest BCUT2D eigenvalue weighted by Gasteiger charge is 2.24. The van der Waals surface area contributed by atoms with Crippen LogP contribution in [0.5, 0.6) is 0 Å². The van der Waals surface area contributed by atoms with Gasteiger partial charge in [0.15, 0.2) is 0 Å². The average Bonchev–Trinajstić information content (AvgIpc) is 2.62. The second kappa shape index (κ2) is 8.98. The number of carbonyl (C=O) groups is 1. The van der Waals surface area contributed by atoms with Crippen molar-refractivity contribution < 1.29 is 23.1 Å². The maximum atomic E-state index is 13.0. The highest BCUT2D eigenvalue weighted by atomic mass is 32.2. The van der Waals surface area contributed by atoms with Gasteiger partial charge in [0.2, 0.25) is 10.0 Å². The van der Waals surface area contributed by atoms with Crippen molar-refractivity contribution in [1.29, 1.82) is 0 Å². The number of nitrogens with one attached hydrogen (secondary N) is 2. The fourth-order valence-corrected chi connectivity index (χ4v) is 4.09. The van der Waals surface area contributed by atoms with Crippen molar-refractivity contribution in [2.45, 2.75) is 30.8 Å². The Kier molecular flexibility index (Phi) is 6.95. The summed E-state index contributed by atoms with van der Waals surface area (Å²) in [7, 11) is -2.42. The lowest BCUT2D eigenvalue weighted by molar-refractivity contribution is 0.0696. The number of hydrogen-bond donors (Lipinski definition) is 3. The van der Waals surface area contributed by atoms with Crippen molar-refractivity contribution in [3.8, 4) is 0 Å². The molecule has 0 amide bonds. The van der Waals surface area contributed by atoms with Crippen LogP contribution in [-0.2, 0) is 14.8 Å². The minimum absolute atomic E-state index is 0.104. The van der Waals surface area contributed by atoms with E-state index >= 15 is 0 Å². The second-order valence-corrected chi connectivity index (χ2v) is 7.95. The largest absolute Gasteiger partial charge is 0.478 e. The molecule has 146 valence electrons. The normalized spacial score (nSPS) is 13.7. The maximum Gasteiger partial charge on any atom is 0.335 e. The van der Waals surface area contributed by atoms with E-state index < -0.39 is 22.0 Å². The van der Waals surface area contributed by atoms with Gasteiger partial charge >= 0.3 is 5.97 Å². The van der Waals surface area contributed by atoms with Crippen molar-refractivity contribution in [1.82, 2.24) is 4.72 Å². The van der Waals surface area contributed by atoms with Crippen LogP contribution in [0.4, 0.5) is 5.69 Å². The Balaban J connectivity index is 2.39. The highest BCUT2D eigenvalue weighted by Crippen LogP contribution is 2.26. The summed E-state index contributed by atoms with van der Waals surface area (Å²) in [5, 5.41) is 12.3. The summed E-state index contributed by atoms with van der Waals surface area (Å²) in [4.78, 5) is 11.2. The summed E-state index contributed by atoms with van der Waals surface area (Å²) < 4.78 is 33.6. The summed E-state index contributed by atoms with van der Waals surface area (Å²) in [5.41, 5.74) is 1.02. The van der Waals surface area contributed by atoms with Gasteiger partial charge in [-0.05, 0) is 37.6 Å². The predicted octanol–water partition coefficient (Wildman–Crippen LogP) is 2.87. The Labute approximate surface area is 159 Å². The molecule has 2 aromatic carbocycles. The van der Waals surface area contributed by atoms with Crippen molar-refractivity contribution >= 4 is 21.7 Å². The molecule has 0 aliphatic heterocycles. The summed E-state index contributed by atoms with van der Waals surface area (Å²) in [5.74, 6) is -1.20. The van der Waals surface area contributed by atoms with Crippen LogP contribution in [0, 0.1) is 0 Å². The molecule has 3 N–H and O–H groups in total. The minimum Gasteiger partial charge on any atom is -0.478 e. The van der Waals surface area contributed by atoms with E-state index in [2.05, 4.69) is 10.0 Å². The number of carboxylic acids is 1. The highest BCUT2D eigenvalue weighted by molar-refractivity contribution is 7.89. The fourth-order valence-electron chi connectivity index (χ4n) is 2.66. The van der Waals surface area contributed by atoms with Gasteiger partial charge in [0.25, 0.3) is 0 Å². The number of rotatable bonds is 9. The minimum atomic E-state index is -3.97. The SMILES string of the molecule is COCC(C)Nc1ccc(C(=O)O)cc1S(=O)(=O)NC(C)c1ccccc1. The first-order valence-corrected chi connectivity index (χ1v) is 9.93. The van der Waals surface area contributed by atoms with Crippen LogP contribution in [0.15, 0.2) is 53.4 Å². The van der Waals surface area contributed by atoms with Crippen LogP contribution in [-0.4, -0.2) is 39.3 Å². The van der Waals surface area contributed by atoms with E-state index in [1.54, 1.807) is 14.0 Å². The molecular weight excluding hydrogens is 368 g/mol. The standard InChI is InChI=1S/C19H24N2O5S/c1-13(12-26-3)20-17-10-9-16(19(22)23)11-18(17)27(24,25)21-14(2)15-7-5-4-6-8-15/h4-11,13-14,20-21H,12H2,1-3H3,(H,22,23). The number of benzene rings is 2. The van der Waals surface area contributed by atoms with Gasteiger partial charge in [-0.15, -0.1) is 0 Å². The molecule has 0 aliphatic carbocycles. The molecule has 0 fully saturated rings. The van der Waals surface area contributed by atoms with Crippen LogP contribution in [0.3, 0.4) is 0 Å². The van der Waals surface area contributed by atoms with Gasteiger partial charge in [-0.3, -0.25) is 0 Å². The van der Waals surface area contributed by atoms with E-state index in [0.29, 0.717) is 12.3 Å². The summed E-state index contributed by atoms with van der Waals surface area (Å²) in [6.45, 7) is 3.94. The smallest absolute Gasteiger partial charge is 0.335 e. The van der Waals surface area contributed by atoms with E-state index in [9.17, 15) is 18.3 Å². The Morgan fingerprint density at radius 2 is 1.81 bits per heavy atom. The zero-order valence-corrected chi connectivity index (χ0v) is 16.3. The van der Waals surface area contributed by atoms with Gasteiger partial charge < -0.3 is 15.2 Å². The first kappa shape index (κ1) is 20.9. The quantitative estimate of drug-likeness (QED) is 0.606. The lowest BCUT2D eigenvalue weighted by Crippen LogP contribution is -2.29. The lowest BCUT2D eigenvalue weighted by atomic mass is 10.1. The van der Waals surface area contributed by atoms with Crippen molar-refractivity contribution in [3.63, 3.8) is 0 Å². The summed E-state index contributed by atoms with van der Waals surface area (Å²) >= 11 is 0. The number of aromatic carboxylic acids is 1. The molecule has 0 bridgehead atoms. The van der Waals surface area contributed by atoms with Crippen molar-refractivity contribution in [3.05, 3.63) is 59.7 Å². The van der Waals surface area contributed by atoms with Crippen LogP contribution in [0.1, 0.15) is 35.8 Å². The third-order valence-corrected chi connectivity index (χ3v) is 5.55. The van der Waals surface area contributed by atoms with Gasteiger partial charge in [-0.25, -0.2) is 17.9 Å². The molecule has 2 unspecified atom stereocenters. The first-order valence-electron chi connectivity index (χ1n) is 8.44. The van der Waals surface area contributed by atoms with E-state index in [4.69, 9.17) is 4.74 Å². The van der Waals surface area contributed by atoms with E-state index in [-0.39, 0.29) is 16.5 Å². The monoisotopic (exact) mass is 392 g/mol. The topological polar surface area (TPSA) is 105 Å². The molecule has 8 heteroatoms. The average molecular weight is 392 g/mol. The molecule has 2 aromatic rings. The van der Waals surface area contributed by atoms with Crippen molar-refractivity contribution in [2.24, 2.45) is 0 Å². The van der Waals surface area contributed by atoms with E-state index in [1.807, 2.05) is 37.3 Å². The second-order valence-electron chi connectivity index (χ2n) is 6.27. The molecule has 0 radical (unpaired) electrons. The molecule has 0 spiro atoms. The first-order chi connectivity index (χ1) is 12.7. The Morgan fingerprint density at radius 1 is 1.15 bits per heavy atom. The van der Waals surface area contributed by atoms with Gasteiger partial charge in [-0.1, -0.05) is 30.3 Å².